The van der Waals surface area contributed by atoms with Gasteiger partial charge in [-0.2, -0.15) is 0 Å². The number of aliphatic hydroxyl groups excluding tert-OH is 8. The summed E-state index contributed by atoms with van der Waals surface area (Å²) in [7, 11) is 0. The molecule has 16 atom stereocenters. The van der Waals surface area contributed by atoms with E-state index < -0.39 is 89.2 Å². The Labute approximate surface area is 278 Å². The van der Waals surface area contributed by atoms with Crippen molar-refractivity contribution in [1.82, 2.24) is 0 Å². The lowest BCUT2D eigenvalue weighted by atomic mass is 9.33. The number of carbonyl (C=O) groups excluding carboxylic acids is 1. The fraction of sp³-hybridized carbons (Fsp3) is 0.917. The molecule has 47 heavy (non-hydrogen) atoms. The topological polar surface area (TPSA) is 197 Å². The van der Waals surface area contributed by atoms with E-state index in [1.54, 1.807) is 0 Å². The van der Waals surface area contributed by atoms with Gasteiger partial charge < -0.3 is 50.3 Å². The molecule has 6 aliphatic rings. The molecular formula is C36H58O11. The SMILES string of the molecule is CC1(C)CC[C@]2(C(=O)O[C@@H]3O[C@H](CO)[C@@H](O)[C@H](O)[C@H]3O)CC[C@]3(C)C(=CC[C@@H]4[C@@]5(C)C[C@@H](O)[C@H](O)[C@](C)(CO)[C@@H]5CC[C@]43C)[C@@H]2C1O. The number of hydrogen-bond acceptors (Lipinski definition) is 11. The molecule has 0 radical (unpaired) electrons. The third kappa shape index (κ3) is 4.67. The Balaban J connectivity index is 1.39. The number of esters is 1. The maximum absolute atomic E-state index is 14.4. The van der Waals surface area contributed by atoms with Gasteiger partial charge in [-0.05, 0) is 84.9 Å². The second-order valence-electron chi connectivity index (χ2n) is 17.8. The van der Waals surface area contributed by atoms with Crippen molar-refractivity contribution in [2.24, 2.45) is 50.2 Å². The van der Waals surface area contributed by atoms with Crippen molar-refractivity contribution in [1.29, 1.82) is 0 Å². The number of allylic oxidation sites excluding steroid dienone is 1. The minimum Gasteiger partial charge on any atom is -0.432 e. The van der Waals surface area contributed by atoms with Crippen LogP contribution in [0.1, 0.15) is 92.9 Å². The molecule has 5 aliphatic carbocycles. The van der Waals surface area contributed by atoms with Gasteiger partial charge in [0.25, 0.3) is 0 Å². The maximum atomic E-state index is 14.4. The molecule has 8 N–H and O–H groups in total. The third-order valence-electron chi connectivity index (χ3n) is 15.4. The molecule has 0 aromatic heterocycles. The molecule has 1 heterocycles. The van der Waals surface area contributed by atoms with E-state index in [1.165, 1.54) is 0 Å². The van der Waals surface area contributed by atoms with Crippen LogP contribution in [0.25, 0.3) is 0 Å². The number of aliphatic hydroxyl groups is 8. The predicted octanol–water partition coefficient (Wildman–Crippen LogP) is 1.41. The summed E-state index contributed by atoms with van der Waals surface area (Å²) in [5.41, 5.74) is -2.46. The second kappa shape index (κ2) is 11.4. The Bertz CT molecular complexity index is 1270. The largest absolute Gasteiger partial charge is 0.432 e. The quantitative estimate of drug-likeness (QED) is 0.160. The number of hydrogen-bond donors (Lipinski definition) is 8. The number of fused-ring (bicyclic) bond motifs is 7. The molecule has 0 amide bonds. The molecule has 1 aliphatic heterocycles. The number of ether oxygens (including phenoxy) is 2. The van der Waals surface area contributed by atoms with Gasteiger partial charge in [-0.3, -0.25) is 4.79 Å². The minimum absolute atomic E-state index is 0.00502. The molecular weight excluding hydrogens is 608 g/mol. The molecule has 11 heteroatoms. The van der Waals surface area contributed by atoms with Crippen molar-refractivity contribution in [3.05, 3.63) is 11.6 Å². The minimum atomic E-state index is -1.72. The summed E-state index contributed by atoms with van der Waals surface area (Å²) in [4.78, 5) is 14.4. The van der Waals surface area contributed by atoms with Gasteiger partial charge in [0.05, 0.1) is 36.9 Å². The summed E-state index contributed by atoms with van der Waals surface area (Å²) < 4.78 is 11.4. The van der Waals surface area contributed by atoms with Gasteiger partial charge in [0, 0.05) is 11.3 Å². The Morgan fingerprint density at radius 3 is 2.15 bits per heavy atom. The highest BCUT2D eigenvalue weighted by Crippen LogP contribution is 2.75. The first-order chi connectivity index (χ1) is 21.8. The van der Waals surface area contributed by atoms with Crippen molar-refractivity contribution in [3.63, 3.8) is 0 Å². The first-order valence-electron chi connectivity index (χ1n) is 17.7. The van der Waals surface area contributed by atoms with Crippen LogP contribution in [-0.4, -0.2) is 109 Å². The molecule has 6 rings (SSSR count). The number of rotatable bonds is 4. The summed E-state index contributed by atoms with van der Waals surface area (Å²) in [6.45, 7) is 11.9. The fourth-order valence-corrected chi connectivity index (χ4v) is 12.1. The normalized spacial score (nSPS) is 55.4. The highest BCUT2D eigenvalue weighted by Gasteiger charge is 2.72. The van der Waals surface area contributed by atoms with E-state index in [0.29, 0.717) is 38.5 Å². The molecule has 4 saturated carbocycles. The first-order valence-corrected chi connectivity index (χ1v) is 17.7. The van der Waals surface area contributed by atoms with E-state index >= 15 is 0 Å². The van der Waals surface area contributed by atoms with E-state index in [1.807, 2.05) is 20.8 Å². The van der Waals surface area contributed by atoms with Crippen LogP contribution in [0.3, 0.4) is 0 Å². The average molecular weight is 667 g/mol. The Hall–Kier alpha value is -1.15. The fourth-order valence-electron chi connectivity index (χ4n) is 12.1. The summed E-state index contributed by atoms with van der Waals surface area (Å²) >= 11 is 0. The van der Waals surface area contributed by atoms with E-state index in [2.05, 4.69) is 26.8 Å². The van der Waals surface area contributed by atoms with Crippen LogP contribution in [0.2, 0.25) is 0 Å². The number of carbonyl (C=O) groups is 1. The van der Waals surface area contributed by atoms with E-state index in [0.717, 1.165) is 18.4 Å². The van der Waals surface area contributed by atoms with Gasteiger partial charge in [-0.25, -0.2) is 0 Å². The lowest BCUT2D eigenvalue weighted by Crippen LogP contribution is -2.69. The molecule has 11 nitrogen and oxygen atoms in total. The molecule has 1 unspecified atom stereocenters. The van der Waals surface area contributed by atoms with E-state index in [4.69, 9.17) is 9.47 Å². The van der Waals surface area contributed by atoms with Crippen LogP contribution in [0.15, 0.2) is 11.6 Å². The molecule has 268 valence electrons. The zero-order valence-electron chi connectivity index (χ0n) is 28.8. The van der Waals surface area contributed by atoms with Crippen molar-refractivity contribution < 1.29 is 55.1 Å². The second-order valence-corrected chi connectivity index (χ2v) is 17.8. The Kier molecular flexibility index (Phi) is 8.68. The van der Waals surface area contributed by atoms with Crippen LogP contribution in [0.4, 0.5) is 0 Å². The average Bonchev–Trinajstić information content (AvgIpc) is 3.02. The van der Waals surface area contributed by atoms with Crippen LogP contribution >= 0.6 is 0 Å². The summed E-state index contributed by atoms with van der Waals surface area (Å²) in [5.74, 6) is -1.08. The van der Waals surface area contributed by atoms with Crippen LogP contribution in [-0.2, 0) is 14.3 Å². The van der Waals surface area contributed by atoms with Crippen LogP contribution in [0, 0.1) is 50.2 Å². The lowest BCUT2D eigenvalue weighted by molar-refractivity contribution is -0.298. The van der Waals surface area contributed by atoms with E-state index in [-0.39, 0.29) is 29.3 Å². The van der Waals surface area contributed by atoms with Gasteiger partial charge in [0.15, 0.2) is 0 Å². The van der Waals surface area contributed by atoms with Crippen molar-refractivity contribution >= 4 is 5.97 Å². The smallest absolute Gasteiger partial charge is 0.315 e. The molecule has 5 fully saturated rings. The summed E-state index contributed by atoms with van der Waals surface area (Å²) in [5, 5.41) is 85.9. The zero-order valence-corrected chi connectivity index (χ0v) is 28.8. The Morgan fingerprint density at radius 2 is 1.51 bits per heavy atom. The summed E-state index contributed by atoms with van der Waals surface area (Å²) in [6, 6.07) is 0. The molecule has 0 spiro atoms. The maximum Gasteiger partial charge on any atom is 0.315 e. The van der Waals surface area contributed by atoms with Gasteiger partial charge >= 0.3 is 5.97 Å². The van der Waals surface area contributed by atoms with Gasteiger partial charge in [0.1, 0.15) is 24.4 Å². The van der Waals surface area contributed by atoms with Crippen molar-refractivity contribution in [3.8, 4) is 0 Å². The molecule has 0 aromatic carbocycles. The predicted molar refractivity (Wildman–Crippen MR) is 169 cm³/mol. The third-order valence-corrected chi connectivity index (χ3v) is 15.4. The monoisotopic (exact) mass is 666 g/mol. The van der Waals surface area contributed by atoms with Crippen LogP contribution in [0.5, 0.6) is 0 Å². The van der Waals surface area contributed by atoms with Gasteiger partial charge in [-0.15, -0.1) is 0 Å². The van der Waals surface area contributed by atoms with Crippen LogP contribution < -0.4 is 0 Å². The first kappa shape index (κ1) is 35.7. The Morgan fingerprint density at radius 1 is 0.851 bits per heavy atom. The van der Waals surface area contributed by atoms with E-state index in [9.17, 15) is 45.6 Å². The van der Waals surface area contributed by atoms with Crippen molar-refractivity contribution in [2.45, 2.75) is 142 Å². The highest BCUT2D eigenvalue weighted by atomic mass is 16.7. The van der Waals surface area contributed by atoms with Gasteiger partial charge in [0.2, 0.25) is 6.29 Å². The molecule has 1 saturated heterocycles. The zero-order chi connectivity index (χ0) is 34.7. The van der Waals surface area contributed by atoms with Gasteiger partial charge in [-0.1, -0.05) is 53.2 Å². The highest BCUT2D eigenvalue weighted by molar-refractivity contribution is 5.79. The lowest BCUT2D eigenvalue weighted by Gasteiger charge is -2.71. The molecule has 0 aromatic rings. The molecule has 0 bridgehead atoms. The summed E-state index contributed by atoms with van der Waals surface area (Å²) in [6.07, 6.45) is -3.62. The van der Waals surface area contributed by atoms with Crippen molar-refractivity contribution in [2.75, 3.05) is 13.2 Å². The standard InChI is InChI=1S/C36H58O11/c1-31(2)11-13-36(30(45)47-29-26(42)25(41)24(40)20(16-37)46-29)14-12-34(5)18(23(36)28(31)44)7-8-22-32(3)15-19(39)27(43)33(4,17-38)21(32)9-10-35(22,34)6/h7,19-29,37-44H,8-17H2,1-6H3/t19-,20-,21-,22-,23-,24-,25+,26-,27+,28?,29+,32+,33-,34-,35-,36+/m1/s1.